The van der Waals surface area contributed by atoms with Crippen molar-refractivity contribution in [3.63, 3.8) is 0 Å². The van der Waals surface area contributed by atoms with Gasteiger partial charge in [0, 0.05) is 0 Å². The number of fused-ring (bicyclic) bond motifs is 2. The molecule has 0 aromatic heterocycles. The van der Waals surface area contributed by atoms with E-state index in [9.17, 15) is 19.8 Å². The summed E-state index contributed by atoms with van der Waals surface area (Å²) in [6, 6.07) is 0. The van der Waals surface area contributed by atoms with Gasteiger partial charge in [-0.3, -0.25) is 9.59 Å². The molecule has 2 bridgehead atoms. The third-order valence-corrected chi connectivity index (χ3v) is 4.15. The van der Waals surface area contributed by atoms with Crippen molar-refractivity contribution in [2.75, 3.05) is 0 Å². The van der Waals surface area contributed by atoms with Crippen molar-refractivity contribution in [1.29, 1.82) is 0 Å². The van der Waals surface area contributed by atoms with Crippen LogP contribution in [0.25, 0.3) is 0 Å². The van der Waals surface area contributed by atoms with Crippen LogP contribution in [-0.4, -0.2) is 22.2 Å². The minimum Gasteiger partial charge on any atom is -0.481 e. The van der Waals surface area contributed by atoms with E-state index in [4.69, 9.17) is 0 Å². The molecule has 89 valence electrons. The van der Waals surface area contributed by atoms with Crippen molar-refractivity contribution in [3.05, 3.63) is 6.42 Å². The fraction of sp³-hybridized carbons (Fsp3) is 0.750. The van der Waals surface area contributed by atoms with Crippen LogP contribution in [0.2, 0.25) is 0 Å². The Hall–Kier alpha value is -1.06. The Morgan fingerprint density at radius 2 is 1.94 bits per heavy atom. The largest absolute Gasteiger partial charge is 0.481 e. The van der Waals surface area contributed by atoms with Crippen molar-refractivity contribution in [2.45, 2.75) is 39.0 Å². The Morgan fingerprint density at radius 3 is 2.50 bits per heavy atom. The molecule has 0 saturated heterocycles. The maximum absolute atomic E-state index is 11.4. The number of hydrogen-bond acceptors (Lipinski definition) is 2. The van der Waals surface area contributed by atoms with Crippen molar-refractivity contribution in [3.8, 4) is 0 Å². The number of carboxylic acid groups (broad SMARTS) is 2. The van der Waals surface area contributed by atoms with Crippen molar-refractivity contribution in [2.24, 2.45) is 16.7 Å². The van der Waals surface area contributed by atoms with Gasteiger partial charge in [-0.05, 0) is 51.4 Å². The van der Waals surface area contributed by atoms with Gasteiger partial charge in [0.15, 0.2) is 0 Å². The molecule has 4 nitrogen and oxygen atoms in total. The van der Waals surface area contributed by atoms with E-state index < -0.39 is 22.8 Å². The first-order valence-corrected chi connectivity index (χ1v) is 5.66. The molecule has 2 rings (SSSR count). The third kappa shape index (κ3) is 1.60. The normalized spacial score (nSPS) is 42.7. The maximum Gasteiger partial charge on any atom is 0.309 e. The lowest BCUT2D eigenvalue weighted by molar-refractivity contribution is -0.166. The first kappa shape index (κ1) is 11.4. The lowest BCUT2D eigenvalue weighted by Crippen LogP contribution is -2.49. The predicted octanol–water partition coefficient (Wildman–Crippen LogP) is 1.95. The molecule has 0 heterocycles. The topological polar surface area (TPSA) is 74.6 Å². The minimum absolute atomic E-state index is 0.222. The molecule has 0 aromatic carbocycles. The number of carboxylic acids is 2. The molecule has 3 atom stereocenters. The van der Waals surface area contributed by atoms with E-state index in [1.807, 2.05) is 6.42 Å². The standard InChI is InChI=1S/C12H17O4/c1-11(9(13)14)5-8-3-2-4-12(6-8,7-11)10(15)16/h2,8H,3-7H2,1H3,(H,13,14)(H,15,16)/t8-,11-,12+/m0/s1. The summed E-state index contributed by atoms with van der Waals surface area (Å²) in [6.45, 7) is 1.69. The van der Waals surface area contributed by atoms with Gasteiger partial charge in [0.2, 0.25) is 0 Å². The molecule has 2 aliphatic rings. The Balaban J connectivity index is 2.32. The lowest BCUT2D eigenvalue weighted by atomic mass is 9.54. The van der Waals surface area contributed by atoms with Gasteiger partial charge in [0.1, 0.15) is 0 Å². The van der Waals surface area contributed by atoms with Gasteiger partial charge in [-0.1, -0.05) is 0 Å². The van der Waals surface area contributed by atoms with Gasteiger partial charge in [0.25, 0.3) is 0 Å². The second kappa shape index (κ2) is 3.47. The highest BCUT2D eigenvalue weighted by Gasteiger charge is 2.55. The Morgan fingerprint density at radius 1 is 1.25 bits per heavy atom. The number of aliphatic carboxylic acids is 2. The molecule has 2 saturated carbocycles. The minimum atomic E-state index is -0.866. The molecular weight excluding hydrogens is 208 g/mol. The van der Waals surface area contributed by atoms with Gasteiger partial charge < -0.3 is 10.2 Å². The van der Waals surface area contributed by atoms with Gasteiger partial charge in [-0.2, -0.15) is 0 Å². The fourth-order valence-corrected chi connectivity index (χ4v) is 3.48. The molecule has 0 amide bonds. The van der Waals surface area contributed by atoms with E-state index in [1.165, 1.54) is 0 Å². The van der Waals surface area contributed by atoms with Crippen LogP contribution in [-0.2, 0) is 9.59 Å². The fourth-order valence-electron chi connectivity index (χ4n) is 3.48. The van der Waals surface area contributed by atoms with E-state index >= 15 is 0 Å². The van der Waals surface area contributed by atoms with Crippen LogP contribution < -0.4 is 0 Å². The molecule has 4 heteroatoms. The SMILES string of the molecule is C[C@]1(C(=O)O)C[C@@H]2C[CH]C[C@@](C(=O)O)(C2)C1. The highest BCUT2D eigenvalue weighted by Crippen LogP contribution is 2.55. The van der Waals surface area contributed by atoms with Crippen LogP contribution in [0.15, 0.2) is 0 Å². The molecule has 0 aromatic rings. The summed E-state index contributed by atoms with van der Waals surface area (Å²) in [5.41, 5.74) is -1.69. The molecule has 0 aliphatic heterocycles. The molecule has 2 N–H and O–H groups in total. The summed E-state index contributed by atoms with van der Waals surface area (Å²) >= 11 is 0. The van der Waals surface area contributed by atoms with E-state index in [0.29, 0.717) is 19.3 Å². The monoisotopic (exact) mass is 225 g/mol. The Bertz CT molecular complexity index is 336. The Kier molecular flexibility index (Phi) is 2.48. The molecule has 2 fully saturated rings. The molecule has 1 radical (unpaired) electrons. The first-order valence-electron chi connectivity index (χ1n) is 5.66. The van der Waals surface area contributed by atoms with Gasteiger partial charge in [-0.25, -0.2) is 0 Å². The highest BCUT2D eigenvalue weighted by molar-refractivity contribution is 5.79. The van der Waals surface area contributed by atoms with Gasteiger partial charge >= 0.3 is 11.9 Å². The average Bonchev–Trinajstić information content (AvgIpc) is 2.16. The zero-order chi connectivity index (χ0) is 12.0. The van der Waals surface area contributed by atoms with Gasteiger partial charge in [-0.15, -0.1) is 0 Å². The number of rotatable bonds is 2. The summed E-state index contributed by atoms with van der Waals surface area (Å²) in [7, 11) is 0. The van der Waals surface area contributed by atoms with Crippen LogP contribution in [0.3, 0.4) is 0 Å². The third-order valence-electron chi connectivity index (χ3n) is 4.15. The van der Waals surface area contributed by atoms with E-state index in [1.54, 1.807) is 6.92 Å². The predicted molar refractivity (Wildman–Crippen MR) is 56.7 cm³/mol. The summed E-state index contributed by atoms with van der Waals surface area (Å²) in [6.07, 6.45) is 4.90. The van der Waals surface area contributed by atoms with Crippen molar-refractivity contribution >= 4 is 11.9 Å². The van der Waals surface area contributed by atoms with Crippen molar-refractivity contribution < 1.29 is 19.8 Å². The molecule has 16 heavy (non-hydrogen) atoms. The second-order valence-electron chi connectivity index (χ2n) is 5.63. The van der Waals surface area contributed by atoms with Crippen LogP contribution in [0.5, 0.6) is 0 Å². The lowest BCUT2D eigenvalue weighted by Gasteiger charge is -2.48. The van der Waals surface area contributed by atoms with Crippen LogP contribution in [0.1, 0.15) is 39.0 Å². The van der Waals surface area contributed by atoms with E-state index in [0.717, 1.165) is 6.42 Å². The molecular formula is C12H17O4. The van der Waals surface area contributed by atoms with Crippen LogP contribution in [0, 0.1) is 23.2 Å². The van der Waals surface area contributed by atoms with E-state index in [-0.39, 0.29) is 12.3 Å². The zero-order valence-corrected chi connectivity index (χ0v) is 9.40. The quantitative estimate of drug-likeness (QED) is 0.753. The van der Waals surface area contributed by atoms with Gasteiger partial charge in [0.05, 0.1) is 10.8 Å². The van der Waals surface area contributed by atoms with E-state index in [2.05, 4.69) is 0 Å². The summed E-state index contributed by atoms with van der Waals surface area (Å²) in [5.74, 6) is -1.47. The van der Waals surface area contributed by atoms with Crippen LogP contribution >= 0.6 is 0 Å². The smallest absolute Gasteiger partial charge is 0.309 e. The first-order chi connectivity index (χ1) is 7.38. The second-order valence-corrected chi connectivity index (χ2v) is 5.63. The molecule has 2 aliphatic carbocycles. The van der Waals surface area contributed by atoms with Crippen molar-refractivity contribution in [1.82, 2.24) is 0 Å². The number of hydrogen-bond donors (Lipinski definition) is 2. The summed E-state index contributed by atoms with van der Waals surface area (Å²) < 4.78 is 0. The summed E-state index contributed by atoms with van der Waals surface area (Å²) in [4.78, 5) is 22.7. The summed E-state index contributed by atoms with van der Waals surface area (Å²) in [5, 5.41) is 18.6. The average molecular weight is 225 g/mol. The zero-order valence-electron chi connectivity index (χ0n) is 9.40. The Labute approximate surface area is 94.7 Å². The molecule has 0 spiro atoms. The maximum atomic E-state index is 11.4. The number of carbonyl (C=O) groups is 2. The molecule has 0 unspecified atom stereocenters. The highest BCUT2D eigenvalue weighted by atomic mass is 16.4. The van der Waals surface area contributed by atoms with Crippen LogP contribution in [0.4, 0.5) is 0 Å².